The van der Waals surface area contributed by atoms with Crippen LogP contribution in [0.2, 0.25) is 0 Å². The standard InChI is InChI=1S/C13H11F3N2O3/c14-13(15,16)11-6-8(3-4-10(11)12(17)18-19)21-7-9-2-1-5-20-9/h1-6,19H,7H2,(H2,17,18). The number of furan rings is 1. The summed E-state index contributed by atoms with van der Waals surface area (Å²) in [5.74, 6) is -0.155. The SMILES string of the molecule is N/C(=N\O)c1ccc(OCc2ccco2)cc1C(F)(F)F. The molecule has 5 nitrogen and oxygen atoms in total. The Kier molecular flexibility index (Phi) is 4.06. The topological polar surface area (TPSA) is 81.0 Å². The van der Waals surface area contributed by atoms with Crippen molar-refractivity contribution in [2.45, 2.75) is 12.8 Å². The number of alkyl halides is 3. The highest BCUT2D eigenvalue weighted by atomic mass is 19.4. The molecule has 0 aliphatic carbocycles. The van der Waals surface area contributed by atoms with E-state index < -0.39 is 23.1 Å². The molecule has 0 radical (unpaired) electrons. The summed E-state index contributed by atoms with van der Waals surface area (Å²) in [5, 5.41) is 11.1. The molecule has 0 spiro atoms. The molecule has 0 atom stereocenters. The van der Waals surface area contributed by atoms with E-state index in [-0.39, 0.29) is 12.4 Å². The number of halogens is 3. The second kappa shape index (κ2) is 5.78. The minimum absolute atomic E-state index is 0.00628. The van der Waals surface area contributed by atoms with Crippen LogP contribution in [-0.4, -0.2) is 11.0 Å². The fraction of sp³-hybridized carbons (Fsp3) is 0.154. The number of nitrogens with two attached hydrogens (primary N) is 1. The predicted molar refractivity (Wildman–Crippen MR) is 67.0 cm³/mol. The van der Waals surface area contributed by atoms with Crippen molar-refractivity contribution in [2.24, 2.45) is 10.9 Å². The zero-order valence-corrected chi connectivity index (χ0v) is 10.6. The molecular formula is C13H11F3N2O3. The molecule has 8 heteroatoms. The van der Waals surface area contributed by atoms with Crippen LogP contribution in [0.5, 0.6) is 5.75 Å². The van der Waals surface area contributed by atoms with Crippen LogP contribution in [0.1, 0.15) is 16.9 Å². The van der Waals surface area contributed by atoms with Gasteiger partial charge in [-0.1, -0.05) is 5.16 Å². The normalized spacial score (nSPS) is 12.4. The van der Waals surface area contributed by atoms with Gasteiger partial charge < -0.3 is 20.1 Å². The number of amidine groups is 1. The smallest absolute Gasteiger partial charge is 0.417 e. The molecule has 1 heterocycles. The molecule has 2 aromatic rings. The first-order chi connectivity index (χ1) is 9.91. The maximum atomic E-state index is 13.0. The molecule has 0 aliphatic rings. The first-order valence-corrected chi connectivity index (χ1v) is 5.76. The van der Waals surface area contributed by atoms with Crippen LogP contribution >= 0.6 is 0 Å². The van der Waals surface area contributed by atoms with Crippen LogP contribution in [0.3, 0.4) is 0 Å². The lowest BCUT2D eigenvalue weighted by molar-refractivity contribution is -0.137. The monoisotopic (exact) mass is 300 g/mol. The van der Waals surface area contributed by atoms with Gasteiger partial charge in [0.05, 0.1) is 11.8 Å². The first-order valence-electron chi connectivity index (χ1n) is 5.76. The molecule has 0 amide bonds. The lowest BCUT2D eigenvalue weighted by atomic mass is 10.1. The molecule has 21 heavy (non-hydrogen) atoms. The summed E-state index contributed by atoms with van der Waals surface area (Å²) in [6, 6.07) is 6.44. The van der Waals surface area contributed by atoms with Crippen molar-refractivity contribution in [1.82, 2.24) is 0 Å². The van der Waals surface area contributed by atoms with Crippen LogP contribution in [0.15, 0.2) is 46.2 Å². The lowest BCUT2D eigenvalue weighted by Crippen LogP contribution is -2.20. The van der Waals surface area contributed by atoms with Gasteiger partial charge >= 0.3 is 6.18 Å². The van der Waals surface area contributed by atoms with E-state index in [4.69, 9.17) is 20.1 Å². The number of oxime groups is 1. The zero-order valence-electron chi connectivity index (χ0n) is 10.6. The highest BCUT2D eigenvalue weighted by Gasteiger charge is 2.35. The van der Waals surface area contributed by atoms with Crippen molar-refractivity contribution in [1.29, 1.82) is 0 Å². The van der Waals surface area contributed by atoms with E-state index in [1.165, 1.54) is 12.3 Å². The Morgan fingerprint density at radius 2 is 2.10 bits per heavy atom. The van der Waals surface area contributed by atoms with Crippen LogP contribution in [-0.2, 0) is 12.8 Å². The average Bonchev–Trinajstić information content (AvgIpc) is 2.96. The minimum Gasteiger partial charge on any atom is -0.486 e. The predicted octanol–water partition coefficient (Wildman–Crippen LogP) is 2.97. The molecule has 0 bridgehead atoms. The van der Waals surface area contributed by atoms with Crippen molar-refractivity contribution in [2.75, 3.05) is 0 Å². The van der Waals surface area contributed by atoms with Crippen LogP contribution in [0, 0.1) is 0 Å². The van der Waals surface area contributed by atoms with Crippen molar-refractivity contribution in [3.63, 3.8) is 0 Å². The molecule has 1 aromatic carbocycles. The Morgan fingerprint density at radius 3 is 2.67 bits per heavy atom. The Labute approximate surface area is 117 Å². The summed E-state index contributed by atoms with van der Waals surface area (Å²) in [6.07, 6.45) is -3.23. The maximum Gasteiger partial charge on any atom is 0.417 e. The largest absolute Gasteiger partial charge is 0.486 e. The summed E-state index contributed by atoms with van der Waals surface area (Å²) in [5.41, 5.74) is 3.77. The third kappa shape index (κ3) is 3.47. The Bertz CT molecular complexity index is 637. The van der Waals surface area contributed by atoms with Gasteiger partial charge in [0.2, 0.25) is 0 Å². The van der Waals surface area contributed by atoms with Gasteiger partial charge in [-0.25, -0.2) is 0 Å². The number of ether oxygens (including phenoxy) is 1. The fourth-order valence-electron chi connectivity index (χ4n) is 1.67. The molecule has 0 saturated carbocycles. The number of benzene rings is 1. The Morgan fingerprint density at radius 1 is 1.33 bits per heavy atom. The van der Waals surface area contributed by atoms with Gasteiger partial charge in [-0.2, -0.15) is 13.2 Å². The zero-order chi connectivity index (χ0) is 15.5. The maximum absolute atomic E-state index is 13.0. The van der Waals surface area contributed by atoms with Gasteiger partial charge in [0.1, 0.15) is 18.1 Å². The summed E-state index contributed by atoms with van der Waals surface area (Å²) < 4.78 is 49.1. The van der Waals surface area contributed by atoms with Gasteiger partial charge in [-0.05, 0) is 30.3 Å². The van der Waals surface area contributed by atoms with Crippen molar-refractivity contribution >= 4 is 5.84 Å². The molecule has 112 valence electrons. The van der Waals surface area contributed by atoms with Crippen molar-refractivity contribution in [3.8, 4) is 5.75 Å². The van der Waals surface area contributed by atoms with Crippen LogP contribution in [0.4, 0.5) is 13.2 Å². The highest BCUT2D eigenvalue weighted by molar-refractivity contribution is 5.98. The van der Waals surface area contributed by atoms with Crippen molar-refractivity contribution in [3.05, 3.63) is 53.5 Å². The summed E-state index contributed by atoms with van der Waals surface area (Å²) in [6.45, 7) is -0.00673. The molecule has 0 fully saturated rings. The number of nitrogens with zero attached hydrogens (tertiary/aromatic N) is 1. The first kappa shape index (κ1) is 14.8. The van der Waals surface area contributed by atoms with Gasteiger partial charge in [-0.15, -0.1) is 0 Å². The average molecular weight is 300 g/mol. The molecule has 0 saturated heterocycles. The van der Waals surface area contributed by atoms with E-state index in [0.717, 1.165) is 12.1 Å². The summed E-state index contributed by atoms with van der Waals surface area (Å²) in [4.78, 5) is 0. The molecule has 1 aromatic heterocycles. The molecule has 3 N–H and O–H groups in total. The van der Waals surface area contributed by atoms with Crippen LogP contribution < -0.4 is 10.5 Å². The summed E-state index contributed by atoms with van der Waals surface area (Å²) >= 11 is 0. The van der Waals surface area contributed by atoms with Crippen LogP contribution in [0.25, 0.3) is 0 Å². The quantitative estimate of drug-likeness (QED) is 0.394. The second-order valence-corrected chi connectivity index (χ2v) is 4.06. The van der Waals surface area contributed by atoms with E-state index in [9.17, 15) is 13.2 Å². The fourth-order valence-corrected chi connectivity index (χ4v) is 1.67. The number of hydrogen-bond acceptors (Lipinski definition) is 4. The Hall–Kier alpha value is -2.64. The van der Waals surface area contributed by atoms with E-state index in [1.807, 2.05) is 0 Å². The van der Waals surface area contributed by atoms with E-state index >= 15 is 0 Å². The van der Waals surface area contributed by atoms with Gasteiger partial charge in [0.25, 0.3) is 0 Å². The molecule has 2 rings (SSSR count). The summed E-state index contributed by atoms with van der Waals surface area (Å²) in [7, 11) is 0. The van der Waals surface area contributed by atoms with E-state index in [1.54, 1.807) is 12.1 Å². The number of rotatable bonds is 4. The Balaban J connectivity index is 2.29. The van der Waals surface area contributed by atoms with Gasteiger partial charge in [0, 0.05) is 5.56 Å². The molecule has 0 unspecified atom stereocenters. The number of hydrogen-bond donors (Lipinski definition) is 2. The molecule has 0 aliphatic heterocycles. The van der Waals surface area contributed by atoms with E-state index in [2.05, 4.69) is 5.16 Å². The third-order valence-electron chi connectivity index (χ3n) is 2.64. The van der Waals surface area contributed by atoms with Gasteiger partial charge in [-0.3, -0.25) is 0 Å². The third-order valence-corrected chi connectivity index (χ3v) is 2.64. The highest BCUT2D eigenvalue weighted by Crippen LogP contribution is 2.34. The second-order valence-electron chi connectivity index (χ2n) is 4.06. The van der Waals surface area contributed by atoms with Crippen molar-refractivity contribution < 1.29 is 27.5 Å². The lowest BCUT2D eigenvalue weighted by Gasteiger charge is -2.14. The molecular weight excluding hydrogens is 289 g/mol. The van der Waals surface area contributed by atoms with Gasteiger partial charge in [0.15, 0.2) is 5.84 Å². The van der Waals surface area contributed by atoms with E-state index in [0.29, 0.717) is 5.76 Å². The minimum atomic E-state index is -4.66.